The second-order valence-corrected chi connectivity index (χ2v) is 9.40. The van der Waals surface area contributed by atoms with Crippen molar-refractivity contribution in [3.63, 3.8) is 0 Å². The SMILES string of the molecule is CC1CN(S(=O)(=O)Cc2cccc(CCl)c2)CC(C)S1. The van der Waals surface area contributed by atoms with E-state index < -0.39 is 10.0 Å². The summed E-state index contributed by atoms with van der Waals surface area (Å²) in [5.74, 6) is 0.462. The first-order valence-electron chi connectivity index (χ1n) is 6.68. The highest BCUT2D eigenvalue weighted by molar-refractivity contribution is 8.00. The van der Waals surface area contributed by atoms with Gasteiger partial charge in [-0.25, -0.2) is 8.42 Å². The van der Waals surface area contributed by atoms with E-state index in [9.17, 15) is 8.42 Å². The maximum absolute atomic E-state index is 12.5. The van der Waals surface area contributed by atoms with Gasteiger partial charge in [0.15, 0.2) is 0 Å². The summed E-state index contributed by atoms with van der Waals surface area (Å²) in [6.07, 6.45) is 0. The number of nitrogens with zero attached hydrogens (tertiary/aromatic N) is 1. The summed E-state index contributed by atoms with van der Waals surface area (Å²) in [6.45, 7) is 5.37. The van der Waals surface area contributed by atoms with Crippen molar-refractivity contribution in [2.24, 2.45) is 0 Å². The molecule has 3 nitrogen and oxygen atoms in total. The van der Waals surface area contributed by atoms with Gasteiger partial charge in [-0.15, -0.1) is 11.6 Å². The van der Waals surface area contributed by atoms with Crippen molar-refractivity contribution >= 4 is 33.4 Å². The second-order valence-electron chi connectivity index (χ2n) is 5.28. The third-order valence-electron chi connectivity index (χ3n) is 3.27. The summed E-state index contributed by atoms with van der Waals surface area (Å²) in [7, 11) is -3.25. The normalized spacial score (nSPS) is 24.8. The number of halogens is 1. The lowest BCUT2D eigenvalue weighted by Crippen LogP contribution is -2.44. The highest BCUT2D eigenvalue weighted by Crippen LogP contribution is 2.27. The first kappa shape index (κ1) is 16.1. The average molecular weight is 334 g/mol. The van der Waals surface area contributed by atoms with Crippen molar-refractivity contribution in [1.82, 2.24) is 4.31 Å². The summed E-state index contributed by atoms with van der Waals surface area (Å²) < 4.78 is 26.7. The topological polar surface area (TPSA) is 37.4 Å². The molecule has 1 aromatic rings. The summed E-state index contributed by atoms with van der Waals surface area (Å²) in [4.78, 5) is 0. The first-order valence-corrected chi connectivity index (χ1v) is 9.76. The smallest absolute Gasteiger partial charge is 0.212 e. The second kappa shape index (κ2) is 6.69. The molecule has 0 aromatic heterocycles. The number of alkyl halides is 1. The molecule has 1 aromatic carbocycles. The monoisotopic (exact) mass is 333 g/mol. The molecule has 0 N–H and O–H groups in total. The molecule has 2 rings (SSSR count). The lowest BCUT2D eigenvalue weighted by atomic mass is 10.2. The highest BCUT2D eigenvalue weighted by Gasteiger charge is 2.30. The van der Waals surface area contributed by atoms with Crippen molar-refractivity contribution in [3.8, 4) is 0 Å². The Morgan fingerprint density at radius 3 is 2.45 bits per heavy atom. The predicted octanol–water partition coefficient (Wildman–Crippen LogP) is 3.08. The quantitative estimate of drug-likeness (QED) is 0.795. The zero-order valence-corrected chi connectivity index (χ0v) is 14.1. The van der Waals surface area contributed by atoms with Crippen LogP contribution >= 0.6 is 23.4 Å². The van der Waals surface area contributed by atoms with Crippen LogP contribution < -0.4 is 0 Å². The number of rotatable bonds is 4. The number of thioether (sulfide) groups is 1. The molecule has 1 fully saturated rings. The van der Waals surface area contributed by atoms with Crippen LogP contribution in [0.15, 0.2) is 24.3 Å². The van der Waals surface area contributed by atoms with Crippen LogP contribution in [0.25, 0.3) is 0 Å². The standard InChI is InChI=1S/C14H20ClNO2S2/c1-11-8-16(9-12(2)19-11)20(17,18)10-14-5-3-4-13(6-14)7-15/h3-6,11-12H,7-10H2,1-2H3. The summed E-state index contributed by atoms with van der Waals surface area (Å²) in [5.41, 5.74) is 1.76. The molecule has 1 saturated heterocycles. The van der Waals surface area contributed by atoms with E-state index in [4.69, 9.17) is 11.6 Å². The third-order valence-corrected chi connectivity index (χ3v) is 6.59. The van der Waals surface area contributed by atoms with E-state index in [1.807, 2.05) is 36.0 Å². The molecule has 0 saturated carbocycles. The van der Waals surface area contributed by atoms with Crippen LogP contribution in [0, 0.1) is 0 Å². The number of benzene rings is 1. The van der Waals surface area contributed by atoms with Gasteiger partial charge in [0.25, 0.3) is 0 Å². The van der Waals surface area contributed by atoms with Crippen LogP contribution in [0.4, 0.5) is 0 Å². The van der Waals surface area contributed by atoms with Gasteiger partial charge in [0.1, 0.15) is 0 Å². The zero-order valence-electron chi connectivity index (χ0n) is 11.8. The molecular formula is C14H20ClNO2S2. The summed E-state index contributed by atoms with van der Waals surface area (Å²) in [5, 5.41) is 0.699. The van der Waals surface area contributed by atoms with Gasteiger partial charge in [0, 0.05) is 29.5 Å². The molecule has 1 aliphatic heterocycles. The Morgan fingerprint density at radius 1 is 1.25 bits per heavy atom. The molecule has 0 radical (unpaired) electrons. The van der Waals surface area contributed by atoms with Gasteiger partial charge in [-0.3, -0.25) is 0 Å². The molecular weight excluding hydrogens is 314 g/mol. The molecule has 0 amide bonds. The van der Waals surface area contributed by atoms with Crippen LogP contribution in [0.3, 0.4) is 0 Å². The van der Waals surface area contributed by atoms with Crippen LogP contribution in [-0.2, 0) is 21.7 Å². The van der Waals surface area contributed by atoms with Gasteiger partial charge in [-0.05, 0) is 11.1 Å². The minimum Gasteiger partial charge on any atom is -0.212 e. The van der Waals surface area contributed by atoms with Gasteiger partial charge in [0.05, 0.1) is 5.75 Å². The van der Waals surface area contributed by atoms with Crippen LogP contribution in [0.2, 0.25) is 0 Å². The molecule has 20 heavy (non-hydrogen) atoms. The molecule has 1 heterocycles. The van der Waals surface area contributed by atoms with E-state index in [0.717, 1.165) is 11.1 Å². The minimum atomic E-state index is -3.25. The van der Waals surface area contributed by atoms with Gasteiger partial charge in [-0.1, -0.05) is 38.1 Å². The molecule has 0 bridgehead atoms. The summed E-state index contributed by atoms with van der Waals surface area (Å²) >= 11 is 7.64. The Bertz CT molecular complexity index is 552. The van der Waals surface area contributed by atoms with Crippen molar-refractivity contribution in [1.29, 1.82) is 0 Å². The lowest BCUT2D eigenvalue weighted by molar-refractivity contribution is 0.404. The number of sulfonamides is 1. The highest BCUT2D eigenvalue weighted by atomic mass is 35.5. The van der Waals surface area contributed by atoms with E-state index in [0.29, 0.717) is 29.5 Å². The van der Waals surface area contributed by atoms with E-state index >= 15 is 0 Å². The first-order chi connectivity index (χ1) is 9.40. The molecule has 0 aliphatic carbocycles. The van der Waals surface area contributed by atoms with Crippen molar-refractivity contribution in [2.75, 3.05) is 13.1 Å². The fourth-order valence-electron chi connectivity index (χ4n) is 2.46. The maximum Gasteiger partial charge on any atom is 0.218 e. The van der Waals surface area contributed by atoms with Crippen molar-refractivity contribution < 1.29 is 8.42 Å². The molecule has 1 aliphatic rings. The van der Waals surface area contributed by atoms with E-state index in [-0.39, 0.29) is 5.75 Å². The maximum atomic E-state index is 12.5. The van der Waals surface area contributed by atoms with Gasteiger partial charge in [-0.2, -0.15) is 16.1 Å². The Labute approximate surface area is 130 Å². The molecule has 0 spiro atoms. The van der Waals surface area contributed by atoms with Crippen molar-refractivity contribution in [2.45, 2.75) is 36.0 Å². The Kier molecular flexibility index (Phi) is 5.40. The predicted molar refractivity (Wildman–Crippen MR) is 86.7 cm³/mol. The lowest BCUT2D eigenvalue weighted by Gasteiger charge is -2.33. The average Bonchev–Trinajstić information content (AvgIpc) is 2.37. The Morgan fingerprint density at radius 2 is 1.85 bits per heavy atom. The van der Waals surface area contributed by atoms with E-state index in [1.54, 1.807) is 4.31 Å². The van der Waals surface area contributed by atoms with Gasteiger partial charge >= 0.3 is 0 Å². The Hall–Kier alpha value is -0.230. The van der Waals surface area contributed by atoms with Crippen LogP contribution in [0.1, 0.15) is 25.0 Å². The molecule has 6 heteroatoms. The molecule has 2 unspecified atom stereocenters. The molecule has 2 atom stereocenters. The fraction of sp³-hybridized carbons (Fsp3) is 0.571. The van der Waals surface area contributed by atoms with Crippen molar-refractivity contribution in [3.05, 3.63) is 35.4 Å². The number of hydrogen-bond donors (Lipinski definition) is 0. The van der Waals surface area contributed by atoms with Gasteiger partial charge in [0.2, 0.25) is 10.0 Å². The minimum absolute atomic E-state index is 0.0574. The zero-order chi connectivity index (χ0) is 14.8. The summed E-state index contributed by atoms with van der Waals surface area (Å²) in [6, 6.07) is 7.49. The molecule has 112 valence electrons. The van der Waals surface area contributed by atoms with E-state index in [1.165, 1.54) is 0 Å². The van der Waals surface area contributed by atoms with Gasteiger partial charge < -0.3 is 0 Å². The van der Waals surface area contributed by atoms with E-state index in [2.05, 4.69) is 13.8 Å². The number of hydrogen-bond acceptors (Lipinski definition) is 3. The fourth-order valence-corrected chi connectivity index (χ4v) is 5.83. The van der Waals surface area contributed by atoms with Crippen LogP contribution in [0.5, 0.6) is 0 Å². The van der Waals surface area contributed by atoms with Crippen LogP contribution in [-0.4, -0.2) is 36.3 Å². The largest absolute Gasteiger partial charge is 0.218 e. The Balaban J connectivity index is 2.14. The third kappa shape index (κ3) is 4.13.